The van der Waals surface area contributed by atoms with Gasteiger partial charge in [-0.25, -0.2) is 0 Å². The molecule has 1 aromatic rings. The second-order valence-corrected chi connectivity index (χ2v) is 3.03. The Bertz CT molecular complexity index is 332. The second-order valence-electron chi connectivity index (χ2n) is 3.03. The first-order valence-electron chi connectivity index (χ1n) is 3.99. The number of benzene rings is 1. The first-order chi connectivity index (χ1) is 6.00. The minimum absolute atomic E-state index is 0.0481. The van der Waals surface area contributed by atoms with Crippen LogP contribution in [0.5, 0.6) is 0 Å². The lowest BCUT2D eigenvalue weighted by molar-refractivity contribution is 0.101. The van der Waals surface area contributed by atoms with Crippen molar-refractivity contribution in [1.29, 1.82) is 0 Å². The van der Waals surface area contributed by atoms with Gasteiger partial charge in [-0.1, -0.05) is 0 Å². The third-order valence-electron chi connectivity index (χ3n) is 1.81. The predicted molar refractivity (Wildman–Crippen MR) is 50.9 cm³/mol. The van der Waals surface area contributed by atoms with Crippen LogP contribution in [0.25, 0.3) is 0 Å². The zero-order chi connectivity index (χ0) is 10.0. The van der Waals surface area contributed by atoms with Gasteiger partial charge in [0, 0.05) is 11.1 Å². The molecule has 0 saturated heterocycles. The van der Waals surface area contributed by atoms with Crippen molar-refractivity contribution in [3.05, 3.63) is 41.8 Å². The van der Waals surface area contributed by atoms with Crippen molar-refractivity contribution in [2.75, 3.05) is 0 Å². The molecule has 2 heteroatoms. The summed E-state index contributed by atoms with van der Waals surface area (Å²) in [7, 11) is 0. The third kappa shape index (κ3) is 2.25. The molecule has 13 heavy (non-hydrogen) atoms. The van der Waals surface area contributed by atoms with Crippen molar-refractivity contribution >= 4 is 11.6 Å². The fourth-order valence-electron chi connectivity index (χ4n) is 1.10. The summed E-state index contributed by atoms with van der Waals surface area (Å²) in [6.07, 6.45) is 0. The third-order valence-corrected chi connectivity index (χ3v) is 1.81. The van der Waals surface area contributed by atoms with E-state index >= 15 is 0 Å². The Labute approximate surface area is 77.6 Å². The maximum atomic E-state index is 11.0. The van der Waals surface area contributed by atoms with Crippen LogP contribution in [-0.4, -0.2) is 11.6 Å². The molecule has 0 aromatic heterocycles. The quantitative estimate of drug-likeness (QED) is 0.646. The summed E-state index contributed by atoms with van der Waals surface area (Å²) in [4.78, 5) is 22.1. The Morgan fingerprint density at radius 2 is 1.38 bits per heavy atom. The SMILES string of the molecule is [CH2]c1cc(C(C)=O)cc(C(C)=O)c1. The number of hydrogen-bond acceptors (Lipinski definition) is 2. The molecule has 0 aliphatic rings. The van der Waals surface area contributed by atoms with Crippen LogP contribution in [0.1, 0.15) is 40.1 Å². The Hall–Kier alpha value is -1.44. The Balaban J connectivity index is 3.26. The summed E-state index contributed by atoms with van der Waals surface area (Å²) in [5.41, 5.74) is 1.77. The lowest BCUT2D eigenvalue weighted by atomic mass is 10.0. The van der Waals surface area contributed by atoms with Gasteiger partial charge < -0.3 is 0 Å². The molecule has 1 rings (SSSR count). The van der Waals surface area contributed by atoms with E-state index in [9.17, 15) is 9.59 Å². The van der Waals surface area contributed by atoms with E-state index in [4.69, 9.17) is 0 Å². The maximum absolute atomic E-state index is 11.0. The minimum atomic E-state index is -0.0481. The number of Topliss-reactive ketones (excluding diaryl/α,β-unsaturated/α-hetero) is 2. The second kappa shape index (κ2) is 3.52. The molecule has 1 radical (unpaired) electrons. The van der Waals surface area contributed by atoms with Gasteiger partial charge >= 0.3 is 0 Å². The smallest absolute Gasteiger partial charge is 0.159 e. The van der Waals surface area contributed by atoms with E-state index in [-0.39, 0.29) is 11.6 Å². The fraction of sp³-hybridized carbons (Fsp3) is 0.182. The van der Waals surface area contributed by atoms with E-state index in [2.05, 4.69) is 6.92 Å². The highest BCUT2D eigenvalue weighted by atomic mass is 16.1. The zero-order valence-corrected chi connectivity index (χ0v) is 7.76. The van der Waals surface area contributed by atoms with Gasteiger partial charge in [0.05, 0.1) is 0 Å². The van der Waals surface area contributed by atoms with Crippen molar-refractivity contribution < 1.29 is 9.59 Å². The van der Waals surface area contributed by atoms with E-state index in [1.54, 1.807) is 18.2 Å². The molecule has 0 heterocycles. The molecular weight excluding hydrogens is 164 g/mol. The molecule has 67 valence electrons. The van der Waals surface area contributed by atoms with Gasteiger partial charge in [-0.05, 0) is 44.5 Å². The van der Waals surface area contributed by atoms with Crippen molar-refractivity contribution in [2.45, 2.75) is 13.8 Å². The van der Waals surface area contributed by atoms with Gasteiger partial charge in [0.2, 0.25) is 0 Å². The van der Waals surface area contributed by atoms with Crippen LogP contribution in [0.2, 0.25) is 0 Å². The molecule has 0 unspecified atom stereocenters. The van der Waals surface area contributed by atoms with Crippen molar-refractivity contribution in [1.82, 2.24) is 0 Å². The molecule has 0 N–H and O–H groups in total. The average molecular weight is 175 g/mol. The number of carbonyl (C=O) groups is 2. The number of carbonyl (C=O) groups excluding carboxylic acids is 2. The summed E-state index contributed by atoms with van der Waals surface area (Å²) < 4.78 is 0. The summed E-state index contributed by atoms with van der Waals surface area (Å²) in [5, 5.41) is 0. The Kier molecular flexibility index (Phi) is 2.61. The first-order valence-corrected chi connectivity index (χ1v) is 3.99. The fourth-order valence-corrected chi connectivity index (χ4v) is 1.10. The molecule has 0 saturated carbocycles. The highest BCUT2D eigenvalue weighted by Gasteiger charge is 2.05. The predicted octanol–water partition coefficient (Wildman–Crippen LogP) is 2.27. The van der Waals surface area contributed by atoms with Crippen LogP contribution in [0.15, 0.2) is 18.2 Å². The monoisotopic (exact) mass is 175 g/mol. The molecule has 0 bridgehead atoms. The van der Waals surface area contributed by atoms with E-state index in [0.717, 1.165) is 0 Å². The summed E-state index contributed by atoms with van der Waals surface area (Å²) >= 11 is 0. The van der Waals surface area contributed by atoms with Gasteiger partial charge in [0.25, 0.3) is 0 Å². The summed E-state index contributed by atoms with van der Waals surface area (Å²) in [6.45, 7) is 6.64. The largest absolute Gasteiger partial charge is 0.295 e. The number of rotatable bonds is 2. The lowest BCUT2D eigenvalue weighted by Gasteiger charge is -2.01. The maximum Gasteiger partial charge on any atom is 0.159 e. The molecule has 1 aromatic carbocycles. The first kappa shape index (κ1) is 9.65. The Morgan fingerprint density at radius 3 is 1.69 bits per heavy atom. The standard InChI is InChI=1S/C11H11O2/c1-7-4-10(8(2)12)6-11(5-7)9(3)13/h4-6H,1H2,2-3H3. The van der Waals surface area contributed by atoms with Crippen molar-refractivity contribution in [3.8, 4) is 0 Å². The number of ketones is 2. The normalized spacial score (nSPS) is 9.77. The van der Waals surface area contributed by atoms with Crippen LogP contribution in [0.3, 0.4) is 0 Å². The van der Waals surface area contributed by atoms with Crippen molar-refractivity contribution in [2.24, 2.45) is 0 Å². The van der Waals surface area contributed by atoms with Crippen LogP contribution in [0.4, 0.5) is 0 Å². The van der Waals surface area contributed by atoms with E-state index in [1.165, 1.54) is 13.8 Å². The molecule has 0 amide bonds. The summed E-state index contributed by atoms with van der Waals surface area (Å²) in [6, 6.07) is 4.95. The summed E-state index contributed by atoms with van der Waals surface area (Å²) in [5.74, 6) is -0.0963. The molecule has 0 fully saturated rings. The minimum Gasteiger partial charge on any atom is -0.295 e. The van der Waals surface area contributed by atoms with Gasteiger partial charge in [0.15, 0.2) is 11.6 Å². The topological polar surface area (TPSA) is 34.1 Å². The Morgan fingerprint density at radius 1 is 1.00 bits per heavy atom. The number of hydrogen-bond donors (Lipinski definition) is 0. The average Bonchev–Trinajstić information content (AvgIpc) is 2.03. The van der Waals surface area contributed by atoms with E-state index in [1.807, 2.05) is 0 Å². The van der Waals surface area contributed by atoms with Gasteiger partial charge in [-0.15, -0.1) is 0 Å². The van der Waals surface area contributed by atoms with Crippen LogP contribution >= 0.6 is 0 Å². The van der Waals surface area contributed by atoms with Gasteiger partial charge in [0.1, 0.15) is 0 Å². The van der Waals surface area contributed by atoms with Crippen LogP contribution in [0, 0.1) is 6.92 Å². The van der Waals surface area contributed by atoms with Crippen LogP contribution in [-0.2, 0) is 0 Å². The molecule has 0 aliphatic carbocycles. The highest BCUT2D eigenvalue weighted by molar-refractivity contribution is 5.99. The molecular formula is C11H11O2. The molecule has 0 spiro atoms. The lowest BCUT2D eigenvalue weighted by Crippen LogP contribution is -1.99. The molecule has 0 aliphatic heterocycles. The molecule has 2 nitrogen and oxygen atoms in total. The van der Waals surface area contributed by atoms with Crippen LogP contribution < -0.4 is 0 Å². The molecule has 0 atom stereocenters. The van der Waals surface area contributed by atoms with E-state index < -0.39 is 0 Å². The zero-order valence-electron chi connectivity index (χ0n) is 7.76. The van der Waals surface area contributed by atoms with Gasteiger partial charge in [-0.2, -0.15) is 0 Å². The highest BCUT2D eigenvalue weighted by Crippen LogP contribution is 2.10. The van der Waals surface area contributed by atoms with E-state index in [0.29, 0.717) is 16.7 Å². The van der Waals surface area contributed by atoms with Crippen molar-refractivity contribution in [3.63, 3.8) is 0 Å². The van der Waals surface area contributed by atoms with Gasteiger partial charge in [-0.3, -0.25) is 9.59 Å².